The first kappa shape index (κ1) is 33.1. The SMILES string of the molecule is c1ccc(-c2nc(-c3cccc4c3-c3ccccc3[Si]4(c3ccccc3)c3ccccc3)nc(-c3cccc4c(-c5cccc6ccccc56)cccc34)n2)cc1. The molecule has 3 nitrogen and oxygen atoms in total. The van der Waals surface area contributed by atoms with Crippen LogP contribution < -0.4 is 20.7 Å². The Kier molecular flexibility index (Phi) is 7.83. The zero-order valence-electron chi connectivity index (χ0n) is 31.0. The summed E-state index contributed by atoms with van der Waals surface area (Å²) in [4.78, 5) is 16.0. The van der Waals surface area contributed by atoms with Gasteiger partial charge in [0.2, 0.25) is 0 Å². The van der Waals surface area contributed by atoms with Gasteiger partial charge in [-0.2, -0.15) is 0 Å². The number of hydrogen-bond donors (Lipinski definition) is 0. The van der Waals surface area contributed by atoms with E-state index < -0.39 is 8.07 Å². The van der Waals surface area contributed by atoms with Crippen molar-refractivity contribution in [2.45, 2.75) is 0 Å². The molecular weight excluding hydrogens is 707 g/mol. The van der Waals surface area contributed by atoms with E-state index in [2.05, 4.69) is 194 Å². The van der Waals surface area contributed by atoms with Gasteiger partial charge in [0.05, 0.1) is 0 Å². The molecule has 0 amide bonds. The van der Waals surface area contributed by atoms with Crippen molar-refractivity contribution in [2.24, 2.45) is 0 Å². The molecule has 0 radical (unpaired) electrons. The van der Waals surface area contributed by atoms with Crippen LogP contribution in [-0.2, 0) is 0 Å². The predicted molar refractivity (Wildman–Crippen MR) is 239 cm³/mol. The van der Waals surface area contributed by atoms with E-state index in [1.807, 2.05) is 18.2 Å². The fraction of sp³-hybridized carbons (Fsp3) is 0. The Balaban J connectivity index is 1.17. The molecule has 266 valence electrons. The van der Waals surface area contributed by atoms with Gasteiger partial charge in [-0.15, -0.1) is 0 Å². The molecule has 0 N–H and O–H groups in total. The molecule has 1 aromatic heterocycles. The first-order valence-corrected chi connectivity index (χ1v) is 21.5. The molecule has 0 bridgehead atoms. The summed E-state index contributed by atoms with van der Waals surface area (Å²) < 4.78 is 0. The number of rotatable bonds is 6. The first-order valence-electron chi connectivity index (χ1n) is 19.5. The molecule has 11 rings (SSSR count). The maximum absolute atomic E-state index is 5.44. The molecule has 10 aromatic rings. The molecule has 0 atom stereocenters. The van der Waals surface area contributed by atoms with Crippen molar-refractivity contribution in [1.82, 2.24) is 15.0 Å². The van der Waals surface area contributed by atoms with E-state index >= 15 is 0 Å². The highest BCUT2D eigenvalue weighted by Crippen LogP contribution is 2.39. The van der Waals surface area contributed by atoms with Gasteiger partial charge in [-0.1, -0.05) is 212 Å². The van der Waals surface area contributed by atoms with E-state index in [1.165, 1.54) is 53.8 Å². The molecule has 57 heavy (non-hydrogen) atoms. The van der Waals surface area contributed by atoms with Crippen LogP contribution in [0, 0.1) is 0 Å². The van der Waals surface area contributed by atoms with Gasteiger partial charge in [0.1, 0.15) is 0 Å². The van der Waals surface area contributed by atoms with Crippen molar-refractivity contribution < 1.29 is 0 Å². The Labute approximate surface area is 332 Å². The lowest BCUT2D eigenvalue weighted by molar-refractivity contribution is 1.08. The summed E-state index contributed by atoms with van der Waals surface area (Å²) in [7, 11) is -2.71. The van der Waals surface area contributed by atoms with Crippen LogP contribution in [0.15, 0.2) is 212 Å². The Hall–Kier alpha value is -7.27. The highest BCUT2D eigenvalue weighted by atomic mass is 28.3. The van der Waals surface area contributed by atoms with Gasteiger partial charge in [0.25, 0.3) is 0 Å². The monoisotopic (exact) mass is 741 g/mol. The van der Waals surface area contributed by atoms with Crippen molar-refractivity contribution in [2.75, 3.05) is 0 Å². The zero-order valence-corrected chi connectivity index (χ0v) is 32.0. The Morgan fingerprint density at radius 3 is 1.46 bits per heavy atom. The molecule has 0 aliphatic carbocycles. The van der Waals surface area contributed by atoms with Gasteiger partial charge in [0.15, 0.2) is 25.5 Å². The minimum Gasteiger partial charge on any atom is -0.208 e. The van der Waals surface area contributed by atoms with Crippen LogP contribution in [0.3, 0.4) is 0 Å². The third-order valence-electron chi connectivity index (χ3n) is 11.6. The molecule has 0 spiro atoms. The molecule has 1 aliphatic rings. The quantitative estimate of drug-likeness (QED) is 0.159. The summed E-state index contributed by atoms with van der Waals surface area (Å²) >= 11 is 0. The minimum atomic E-state index is -2.71. The fourth-order valence-corrected chi connectivity index (χ4v) is 14.4. The summed E-state index contributed by atoms with van der Waals surface area (Å²) in [5.74, 6) is 1.97. The predicted octanol–water partition coefficient (Wildman–Crippen LogP) is 10.2. The lowest BCUT2D eigenvalue weighted by atomic mass is 9.92. The number of hydrogen-bond acceptors (Lipinski definition) is 3. The Morgan fingerprint density at radius 2 is 0.719 bits per heavy atom. The van der Waals surface area contributed by atoms with Gasteiger partial charge in [-0.3, -0.25) is 0 Å². The molecule has 1 aliphatic heterocycles. The van der Waals surface area contributed by atoms with Crippen LogP contribution in [0.5, 0.6) is 0 Å². The summed E-state index contributed by atoms with van der Waals surface area (Å²) in [6.07, 6.45) is 0. The average molecular weight is 742 g/mol. The van der Waals surface area contributed by atoms with E-state index in [0.717, 1.165) is 27.5 Å². The third kappa shape index (κ3) is 5.22. The van der Waals surface area contributed by atoms with Crippen LogP contribution >= 0.6 is 0 Å². The van der Waals surface area contributed by atoms with E-state index in [4.69, 9.17) is 15.0 Å². The third-order valence-corrected chi connectivity index (χ3v) is 16.5. The molecule has 0 fully saturated rings. The molecular formula is C53H35N3Si. The molecule has 9 aromatic carbocycles. The molecule has 0 unspecified atom stereocenters. The van der Waals surface area contributed by atoms with E-state index in [-0.39, 0.29) is 0 Å². The lowest BCUT2D eigenvalue weighted by Crippen LogP contribution is -2.72. The van der Waals surface area contributed by atoms with Crippen molar-refractivity contribution in [3.8, 4) is 56.4 Å². The average Bonchev–Trinajstić information content (AvgIpc) is 3.60. The fourth-order valence-electron chi connectivity index (χ4n) is 9.21. The molecule has 0 saturated carbocycles. The normalized spacial score (nSPS) is 12.7. The van der Waals surface area contributed by atoms with Gasteiger partial charge >= 0.3 is 0 Å². The first-order chi connectivity index (χ1) is 28.3. The van der Waals surface area contributed by atoms with Gasteiger partial charge in [-0.05, 0) is 64.5 Å². The van der Waals surface area contributed by atoms with Gasteiger partial charge in [0, 0.05) is 16.7 Å². The summed E-state index contributed by atoms with van der Waals surface area (Å²) in [5.41, 5.74) is 7.78. The molecule has 2 heterocycles. The summed E-state index contributed by atoms with van der Waals surface area (Å²) in [6, 6.07) is 76.5. The number of benzene rings is 9. The Morgan fingerprint density at radius 1 is 0.281 bits per heavy atom. The van der Waals surface area contributed by atoms with Crippen LogP contribution in [0.4, 0.5) is 0 Å². The topological polar surface area (TPSA) is 38.7 Å². The number of nitrogens with zero attached hydrogens (tertiary/aromatic N) is 3. The minimum absolute atomic E-state index is 0.649. The second-order valence-electron chi connectivity index (χ2n) is 14.7. The van der Waals surface area contributed by atoms with Crippen LogP contribution in [0.2, 0.25) is 0 Å². The summed E-state index contributed by atoms with van der Waals surface area (Å²) in [6.45, 7) is 0. The number of fused-ring (bicyclic) bond motifs is 5. The number of aromatic nitrogens is 3. The molecule has 4 heteroatoms. The van der Waals surface area contributed by atoms with E-state index in [1.54, 1.807) is 0 Å². The standard InChI is InChI=1S/C53H35N3Si/c1-4-19-37(20-5-1)51-54-52(45-32-16-30-43-42(29-15-31-44(43)45)41-28-14-21-36-18-10-11-26-40(36)41)56-53(55-51)47-33-17-35-49-50(47)46-27-12-13-34-48(46)57(49,38-22-6-2-7-23-38)39-24-8-3-9-25-39/h1-35H. The largest absolute Gasteiger partial charge is 0.208 e. The van der Waals surface area contributed by atoms with Gasteiger partial charge in [-0.25, -0.2) is 15.0 Å². The maximum atomic E-state index is 5.44. The highest BCUT2D eigenvalue weighted by molar-refractivity contribution is 7.22. The van der Waals surface area contributed by atoms with Crippen LogP contribution in [0.25, 0.3) is 78.0 Å². The van der Waals surface area contributed by atoms with E-state index in [0.29, 0.717) is 17.5 Å². The van der Waals surface area contributed by atoms with Crippen molar-refractivity contribution in [3.63, 3.8) is 0 Å². The van der Waals surface area contributed by atoms with Crippen molar-refractivity contribution >= 4 is 50.4 Å². The highest BCUT2D eigenvalue weighted by Gasteiger charge is 2.49. The molecule has 0 saturated heterocycles. The Bertz CT molecular complexity index is 3080. The van der Waals surface area contributed by atoms with Gasteiger partial charge < -0.3 is 0 Å². The second-order valence-corrected chi connectivity index (χ2v) is 18.4. The van der Waals surface area contributed by atoms with Crippen molar-refractivity contribution in [3.05, 3.63) is 212 Å². The maximum Gasteiger partial charge on any atom is 0.180 e. The van der Waals surface area contributed by atoms with Crippen molar-refractivity contribution in [1.29, 1.82) is 0 Å². The smallest absolute Gasteiger partial charge is 0.180 e. The van der Waals surface area contributed by atoms with E-state index in [9.17, 15) is 0 Å². The second kappa shape index (κ2) is 13.5. The summed E-state index contributed by atoms with van der Waals surface area (Å²) in [5, 5.41) is 10.2. The lowest BCUT2D eigenvalue weighted by Gasteiger charge is -2.31. The van der Waals surface area contributed by atoms with Crippen LogP contribution in [0.1, 0.15) is 0 Å². The van der Waals surface area contributed by atoms with Crippen LogP contribution in [-0.4, -0.2) is 23.0 Å². The zero-order chi connectivity index (χ0) is 37.8.